The summed E-state index contributed by atoms with van der Waals surface area (Å²) < 4.78 is 38.4. The lowest BCUT2D eigenvalue weighted by Gasteiger charge is -2.34. The number of anilines is 1. The van der Waals surface area contributed by atoms with E-state index in [-0.39, 0.29) is 17.4 Å². The smallest absolute Gasteiger partial charge is 0.410 e. The Morgan fingerprint density at radius 2 is 1.85 bits per heavy atom. The number of hydrogen-bond donors (Lipinski definition) is 1. The van der Waals surface area contributed by atoms with Crippen LogP contribution in [-0.2, 0) is 35.0 Å². The Bertz CT molecular complexity index is 1420. The summed E-state index contributed by atoms with van der Waals surface area (Å²) in [6, 6.07) is 7.20. The molecule has 0 saturated heterocycles. The number of hydrogen-bond acceptors (Lipinski definition) is 7. The van der Waals surface area contributed by atoms with E-state index in [0.717, 1.165) is 11.1 Å². The van der Waals surface area contributed by atoms with Crippen LogP contribution in [0.15, 0.2) is 47.5 Å². The third-order valence-corrected chi connectivity index (χ3v) is 8.51. The topological polar surface area (TPSA) is 126 Å². The van der Waals surface area contributed by atoms with Gasteiger partial charge in [0.05, 0.1) is 11.1 Å². The molecule has 0 radical (unpaired) electrons. The largest absolute Gasteiger partial charge is 0.444 e. The first-order valence-electron chi connectivity index (χ1n) is 13.2. The molecule has 1 unspecified atom stereocenters. The molecule has 12 heteroatoms. The van der Waals surface area contributed by atoms with Gasteiger partial charge < -0.3 is 10.1 Å². The minimum absolute atomic E-state index is 0.0375. The number of carbonyl (C=O) groups excluding carboxylic acids is 3. The first-order chi connectivity index (χ1) is 18.6. The highest BCUT2D eigenvalue weighted by molar-refractivity contribution is 7.86. The van der Waals surface area contributed by atoms with E-state index in [2.05, 4.69) is 5.32 Å². The lowest BCUT2D eigenvalue weighted by Crippen LogP contribution is -2.67. The average molecular weight is 574 g/mol. The number of benzene rings is 1. The van der Waals surface area contributed by atoms with Gasteiger partial charge in [-0.05, 0) is 65.8 Å². The Morgan fingerprint density at radius 1 is 1.20 bits per heavy atom. The number of nitrogens with zero attached hydrogens (tertiary/aromatic N) is 3. The minimum atomic E-state index is -4.04. The standard InChI is InChI=1S/C28H36N4O7S/c1-17-10-12-22(13-11-17)40(36,37)38-16-21-15-20-9-8-14-31-18(2)23(26(34)32(21)25(20)31)29-24(33)19(3)30(7)27(35)39-28(4,5)6/h8-14,18-19,21,23H,15-16H2,1-7H3/p+1/t18?,19-,21-,23-/m0/s1. The molecule has 0 saturated carbocycles. The van der Waals surface area contributed by atoms with Crippen molar-refractivity contribution < 1.29 is 36.3 Å². The fraction of sp³-hybridized carbons (Fsp3) is 0.500. The molecule has 0 fully saturated rings. The summed E-state index contributed by atoms with van der Waals surface area (Å²) in [6.07, 6.45) is 1.57. The van der Waals surface area contributed by atoms with Crippen LogP contribution in [0.25, 0.3) is 0 Å². The number of amides is 3. The van der Waals surface area contributed by atoms with Gasteiger partial charge in [0.2, 0.25) is 5.91 Å². The Labute approximate surface area is 235 Å². The van der Waals surface area contributed by atoms with Crippen molar-refractivity contribution >= 4 is 33.8 Å². The van der Waals surface area contributed by atoms with E-state index in [4.69, 9.17) is 8.92 Å². The van der Waals surface area contributed by atoms with Crippen LogP contribution < -0.4 is 14.8 Å². The van der Waals surface area contributed by atoms with Crippen molar-refractivity contribution in [2.75, 3.05) is 18.6 Å². The first-order valence-corrected chi connectivity index (χ1v) is 14.6. The van der Waals surface area contributed by atoms with Crippen LogP contribution in [0.2, 0.25) is 0 Å². The van der Waals surface area contributed by atoms with E-state index < -0.39 is 51.9 Å². The highest BCUT2D eigenvalue weighted by Gasteiger charge is 2.54. The Balaban J connectivity index is 1.53. The minimum Gasteiger partial charge on any atom is -0.444 e. The zero-order valence-corrected chi connectivity index (χ0v) is 24.7. The summed E-state index contributed by atoms with van der Waals surface area (Å²) in [5, 5.41) is 2.81. The SMILES string of the molecule is Cc1ccc(S(=O)(=O)OC[C@@H]2Cc3ccc[n+]4c3N2C(=O)[C@@H](NC(=O)[C@H](C)N(C)C(=O)OC(C)(C)C)C4C)cc1. The molecule has 11 nitrogen and oxygen atoms in total. The number of aromatic nitrogens is 1. The number of likely N-dealkylation sites (N-methyl/N-ethyl adjacent to an activating group) is 1. The maximum absolute atomic E-state index is 13.8. The fourth-order valence-corrected chi connectivity index (χ4v) is 5.79. The molecule has 0 bridgehead atoms. The van der Waals surface area contributed by atoms with Crippen molar-refractivity contribution in [2.24, 2.45) is 0 Å². The second-order valence-electron chi connectivity index (χ2n) is 11.4. The van der Waals surface area contributed by atoms with Crippen molar-refractivity contribution in [1.29, 1.82) is 0 Å². The van der Waals surface area contributed by atoms with E-state index in [1.54, 1.807) is 39.8 Å². The van der Waals surface area contributed by atoms with Crippen molar-refractivity contribution in [2.45, 2.75) is 82.6 Å². The van der Waals surface area contributed by atoms with Gasteiger partial charge in [-0.2, -0.15) is 13.3 Å². The third kappa shape index (κ3) is 5.83. The summed E-state index contributed by atoms with van der Waals surface area (Å²) >= 11 is 0. The summed E-state index contributed by atoms with van der Waals surface area (Å²) in [6.45, 7) is 10.2. The molecule has 2 aliphatic rings. The van der Waals surface area contributed by atoms with E-state index in [1.807, 2.05) is 36.7 Å². The van der Waals surface area contributed by atoms with Crippen LogP contribution >= 0.6 is 0 Å². The monoisotopic (exact) mass is 573 g/mol. The van der Waals surface area contributed by atoms with Gasteiger partial charge in [-0.25, -0.2) is 14.2 Å². The van der Waals surface area contributed by atoms with Gasteiger partial charge in [0.25, 0.3) is 15.9 Å². The number of pyridine rings is 1. The fourth-order valence-electron chi connectivity index (χ4n) is 4.85. The van der Waals surface area contributed by atoms with Crippen LogP contribution in [0.5, 0.6) is 0 Å². The Hall–Kier alpha value is -3.51. The van der Waals surface area contributed by atoms with Crippen LogP contribution in [0.3, 0.4) is 0 Å². The van der Waals surface area contributed by atoms with Crippen LogP contribution in [0, 0.1) is 6.92 Å². The van der Waals surface area contributed by atoms with Crippen LogP contribution in [0.4, 0.5) is 10.6 Å². The van der Waals surface area contributed by atoms with Gasteiger partial charge in [0, 0.05) is 19.0 Å². The van der Waals surface area contributed by atoms with Gasteiger partial charge in [-0.3, -0.25) is 13.9 Å². The van der Waals surface area contributed by atoms with Gasteiger partial charge in [0.15, 0.2) is 6.04 Å². The summed E-state index contributed by atoms with van der Waals surface area (Å²) in [5.74, 6) is -0.238. The lowest BCUT2D eigenvalue weighted by molar-refractivity contribution is -0.711. The molecule has 1 aromatic carbocycles. The normalized spacial score (nSPS) is 21.0. The molecule has 1 N–H and O–H groups in total. The van der Waals surface area contributed by atoms with Gasteiger partial charge in [0.1, 0.15) is 30.3 Å². The van der Waals surface area contributed by atoms with Crippen molar-refractivity contribution in [3.05, 3.63) is 53.7 Å². The zero-order valence-electron chi connectivity index (χ0n) is 23.9. The number of rotatable bonds is 7. The maximum atomic E-state index is 13.8. The Kier molecular flexibility index (Phi) is 7.97. The third-order valence-electron chi connectivity index (χ3n) is 7.21. The quantitative estimate of drug-likeness (QED) is 0.398. The van der Waals surface area contributed by atoms with Gasteiger partial charge >= 0.3 is 12.0 Å². The summed E-state index contributed by atoms with van der Waals surface area (Å²) in [5.41, 5.74) is 1.07. The summed E-state index contributed by atoms with van der Waals surface area (Å²) in [7, 11) is -2.58. The van der Waals surface area contributed by atoms with E-state index in [0.29, 0.717) is 12.2 Å². The number of carbonyl (C=O) groups is 3. The van der Waals surface area contributed by atoms with E-state index in [9.17, 15) is 22.8 Å². The predicted molar refractivity (Wildman–Crippen MR) is 146 cm³/mol. The van der Waals surface area contributed by atoms with Crippen molar-refractivity contribution in [3.8, 4) is 0 Å². The lowest BCUT2D eigenvalue weighted by atomic mass is 10.0. The molecule has 1 aromatic heterocycles. The second kappa shape index (κ2) is 10.8. The molecule has 4 rings (SSSR count). The molecular weight excluding hydrogens is 536 g/mol. The second-order valence-corrected chi connectivity index (χ2v) is 13.0. The zero-order chi connectivity index (χ0) is 29.6. The predicted octanol–water partition coefficient (Wildman–Crippen LogP) is 2.26. The van der Waals surface area contributed by atoms with Crippen LogP contribution in [-0.4, -0.2) is 68.6 Å². The highest BCUT2D eigenvalue weighted by Crippen LogP contribution is 2.35. The van der Waals surface area contributed by atoms with E-state index >= 15 is 0 Å². The van der Waals surface area contributed by atoms with Crippen molar-refractivity contribution in [1.82, 2.24) is 10.2 Å². The molecule has 3 amide bonds. The number of ether oxygens (including phenoxy) is 1. The maximum Gasteiger partial charge on any atom is 0.410 e. The van der Waals surface area contributed by atoms with Crippen LogP contribution in [0.1, 0.15) is 51.8 Å². The molecule has 40 heavy (non-hydrogen) atoms. The molecule has 4 atom stereocenters. The molecule has 216 valence electrons. The molecule has 3 heterocycles. The van der Waals surface area contributed by atoms with E-state index in [1.165, 1.54) is 29.0 Å². The van der Waals surface area contributed by atoms with Gasteiger partial charge in [-0.1, -0.05) is 17.7 Å². The first kappa shape index (κ1) is 29.5. The van der Waals surface area contributed by atoms with Gasteiger partial charge in [-0.15, -0.1) is 0 Å². The average Bonchev–Trinajstić information content (AvgIpc) is 3.26. The Morgan fingerprint density at radius 3 is 2.48 bits per heavy atom. The molecule has 0 spiro atoms. The number of aryl methyl sites for hydroxylation is 1. The van der Waals surface area contributed by atoms with Crippen molar-refractivity contribution in [3.63, 3.8) is 0 Å². The highest BCUT2D eigenvalue weighted by atomic mass is 32.2. The number of nitrogens with one attached hydrogen (secondary N) is 1. The molecule has 2 aromatic rings. The molecule has 2 aliphatic heterocycles. The summed E-state index contributed by atoms with van der Waals surface area (Å²) in [4.78, 5) is 42.3. The molecule has 0 aliphatic carbocycles. The molecular formula is C28H37N4O7S+.